The molecule has 3 N–H and O–H groups in total. The van der Waals surface area contributed by atoms with Crippen molar-refractivity contribution in [1.82, 2.24) is 9.78 Å². The van der Waals surface area contributed by atoms with Gasteiger partial charge in [-0.2, -0.15) is 16.9 Å². The second-order valence-corrected chi connectivity index (χ2v) is 4.39. The van der Waals surface area contributed by atoms with E-state index in [1.54, 1.807) is 4.68 Å². The van der Waals surface area contributed by atoms with Crippen molar-refractivity contribution < 1.29 is 9.90 Å². The van der Waals surface area contributed by atoms with Crippen molar-refractivity contribution in [2.24, 2.45) is 12.8 Å². The number of rotatable bonds is 5. The first-order chi connectivity index (χ1) is 7.00. The summed E-state index contributed by atoms with van der Waals surface area (Å²) in [6.45, 7) is 1.93. The lowest BCUT2D eigenvalue weighted by Gasteiger charge is -2.05. The Morgan fingerprint density at radius 2 is 2.47 bits per heavy atom. The fourth-order valence-corrected chi connectivity index (χ4v) is 2.15. The molecule has 15 heavy (non-hydrogen) atoms. The Morgan fingerprint density at radius 3 is 2.93 bits per heavy atom. The number of carbonyl (C=O) groups is 1. The number of thioether (sulfide) groups is 1. The zero-order valence-electron chi connectivity index (χ0n) is 8.80. The fraction of sp³-hybridized carbons (Fsp3) is 0.556. The SMILES string of the molecule is Cc1cc(CSCC(N)C(=O)O)n(C)n1. The minimum Gasteiger partial charge on any atom is -0.480 e. The summed E-state index contributed by atoms with van der Waals surface area (Å²) in [5.41, 5.74) is 7.43. The van der Waals surface area contributed by atoms with E-state index in [1.165, 1.54) is 11.8 Å². The third-order valence-corrected chi connectivity index (χ3v) is 3.06. The smallest absolute Gasteiger partial charge is 0.321 e. The van der Waals surface area contributed by atoms with Gasteiger partial charge in [0, 0.05) is 24.2 Å². The van der Waals surface area contributed by atoms with Gasteiger partial charge in [-0.25, -0.2) is 0 Å². The molecule has 0 saturated carbocycles. The number of carboxylic acid groups (broad SMARTS) is 1. The van der Waals surface area contributed by atoms with Crippen molar-refractivity contribution in [2.75, 3.05) is 5.75 Å². The van der Waals surface area contributed by atoms with E-state index in [4.69, 9.17) is 10.8 Å². The van der Waals surface area contributed by atoms with Gasteiger partial charge in [0.15, 0.2) is 0 Å². The van der Waals surface area contributed by atoms with Crippen LogP contribution in [-0.4, -0.2) is 32.7 Å². The molecule has 0 saturated heterocycles. The molecule has 0 radical (unpaired) electrons. The summed E-state index contributed by atoms with van der Waals surface area (Å²) in [6, 6.07) is 1.20. The van der Waals surface area contributed by atoms with Crippen molar-refractivity contribution >= 4 is 17.7 Å². The van der Waals surface area contributed by atoms with Gasteiger partial charge in [0.25, 0.3) is 0 Å². The van der Waals surface area contributed by atoms with E-state index >= 15 is 0 Å². The van der Waals surface area contributed by atoms with Gasteiger partial charge in [-0.15, -0.1) is 0 Å². The van der Waals surface area contributed by atoms with Crippen molar-refractivity contribution in [2.45, 2.75) is 18.7 Å². The third kappa shape index (κ3) is 3.56. The lowest BCUT2D eigenvalue weighted by molar-refractivity contribution is -0.137. The van der Waals surface area contributed by atoms with Crippen LogP contribution in [-0.2, 0) is 17.6 Å². The monoisotopic (exact) mass is 229 g/mol. The average Bonchev–Trinajstić information content (AvgIpc) is 2.45. The largest absolute Gasteiger partial charge is 0.480 e. The van der Waals surface area contributed by atoms with Crippen molar-refractivity contribution in [3.8, 4) is 0 Å². The summed E-state index contributed by atoms with van der Waals surface area (Å²) in [7, 11) is 1.88. The van der Waals surface area contributed by atoms with Gasteiger partial charge in [-0.1, -0.05) is 0 Å². The molecule has 6 heteroatoms. The molecule has 1 aromatic rings. The number of carboxylic acids is 1. The summed E-state index contributed by atoms with van der Waals surface area (Å²) in [5.74, 6) is 0.196. The Balaban J connectivity index is 2.38. The Bertz CT molecular complexity index is 351. The summed E-state index contributed by atoms with van der Waals surface area (Å²) in [5, 5.41) is 12.8. The highest BCUT2D eigenvalue weighted by molar-refractivity contribution is 7.98. The number of nitrogens with zero attached hydrogens (tertiary/aromatic N) is 2. The molecule has 0 aliphatic rings. The van der Waals surface area contributed by atoms with Gasteiger partial charge < -0.3 is 10.8 Å². The van der Waals surface area contributed by atoms with Crippen molar-refractivity contribution in [1.29, 1.82) is 0 Å². The second kappa shape index (κ2) is 5.18. The zero-order chi connectivity index (χ0) is 11.4. The molecule has 1 heterocycles. The molecule has 1 unspecified atom stereocenters. The number of aromatic nitrogens is 2. The minimum absolute atomic E-state index is 0.416. The van der Waals surface area contributed by atoms with Gasteiger partial charge in [-0.05, 0) is 13.0 Å². The van der Waals surface area contributed by atoms with E-state index < -0.39 is 12.0 Å². The molecule has 0 aromatic carbocycles. The maximum Gasteiger partial charge on any atom is 0.321 e. The van der Waals surface area contributed by atoms with E-state index in [1.807, 2.05) is 20.0 Å². The molecule has 5 nitrogen and oxygen atoms in total. The van der Waals surface area contributed by atoms with Crippen LogP contribution in [0.5, 0.6) is 0 Å². The van der Waals surface area contributed by atoms with Crippen molar-refractivity contribution in [3.63, 3.8) is 0 Å². The number of aliphatic carboxylic acids is 1. The molecular formula is C9H15N3O2S. The predicted octanol–water partition coefficient (Wildman–Crippen LogP) is 0.374. The van der Waals surface area contributed by atoms with Gasteiger partial charge in [-0.3, -0.25) is 9.48 Å². The van der Waals surface area contributed by atoms with Crippen LogP contribution in [0.1, 0.15) is 11.4 Å². The molecule has 0 aliphatic heterocycles. The first-order valence-corrected chi connectivity index (χ1v) is 5.72. The van der Waals surface area contributed by atoms with Gasteiger partial charge in [0.1, 0.15) is 6.04 Å². The average molecular weight is 229 g/mol. The third-order valence-electron chi connectivity index (χ3n) is 1.96. The quantitative estimate of drug-likeness (QED) is 0.762. The Hall–Kier alpha value is -1.01. The highest BCUT2D eigenvalue weighted by Gasteiger charge is 2.11. The number of aryl methyl sites for hydroxylation is 2. The molecule has 84 valence electrons. The molecule has 0 fully saturated rings. The topological polar surface area (TPSA) is 81.1 Å². The van der Waals surface area contributed by atoms with Crippen molar-refractivity contribution in [3.05, 3.63) is 17.5 Å². The highest BCUT2D eigenvalue weighted by Crippen LogP contribution is 2.13. The van der Waals surface area contributed by atoms with Gasteiger partial charge in [0.2, 0.25) is 0 Å². The number of hydrogen-bond donors (Lipinski definition) is 2. The predicted molar refractivity (Wildman–Crippen MR) is 59.7 cm³/mol. The van der Waals surface area contributed by atoms with Crippen LogP contribution >= 0.6 is 11.8 Å². The zero-order valence-corrected chi connectivity index (χ0v) is 9.62. The molecular weight excluding hydrogens is 214 g/mol. The lowest BCUT2D eigenvalue weighted by Crippen LogP contribution is -2.32. The van der Waals surface area contributed by atoms with Crippen LogP contribution in [0, 0.1) is 6.92 Å². The summed E-state index contributed by atoms with van der Waals surface area (Å²) in [6.07, 6.45) is 0. The van der Waals surface area contributed by atoms with Gasteiger partial charge in [0.05, 0.1) is 5.69 Å². The van der Waals surface area contributed by atoms with E-state index in [9.17, 15) is 4.79 Å². The maximum absolute atomic E-state index is 10.5. The molecule has 1 atom stereocenters. The molecule has 1 aromatic heterocycles. The number of nitrogens with two attached hydrogens (primary N) is 1. The summed E-state index contributed by atoms with van der Waals surface area (Å²) in [4.78, 5) is 10.5. The van der Waals surface area contributed by atoms with Crippen LogP contribution in [0.15, 0.2) is 6.07 Å². The Kier molecular flexibility index (Phi) is 4.16. The summed E-state index contributed by atoms with van der Waals surface area (Å²) < 4.78 is 1.80. The highest BCUT2D eigenvalue weighted by atomic mass is 32.2. The standard InChI is InChI=1S/C9H15N3O2S/c1-6-3-7(12(2)11-6)4-15-5-8(10)9(13)14/h3,8H,4-5,10H2,1-2H3,(H,13,14). The van der Waals surface area contributed by atoms with Crippen LogP contribution in [0.25, 0.3) is 0 Å². The molecule has 0 amide bonds. The normalized spacial score (nSPS) is 12.7. The first kappa shape index (κ1) is 12.1. The van der Waals surface area contributed by atoms with Crippen LogP contribution in [0.4, 0.5) is 0 Å². The van der Waals surface area contributed by atoms with E-state index in [2.05, 4.69) is 5.10 Å². The Labute approximate surface area is 92.6 Å². The second-order valence-electron chi connectivity index (χ2n) is 3.36. The van der Waals surface area contributed by atoms with E-state index in [0.29, 0.717) is 5.75 Å². The molecule has 0 aliphatic carbocycles. The van der Waals surface area contributed by atoms with Crippen LogP contribution in [0.2, 0.25) is 0 Å². The van der Waals surface area contributed by atoms with Crippen LogP contribution in [0.3, 0.4) is 0 Å². The maximum atomic E-state index is 10.5. The molecule has 0 bridgehead atoms. The molecule has 0 spiro atoms. The molecule has 1 rings (SSSR count). The van der Waals surface area contributed by atoms with Crippen LogP contribution < -0.4 is 5.73 Å². The summed E-state index contributed by atoms with van der Waals surface area (Å²) >= 11 is 1.50. The Morgan fingerprint density at radius 1 is 1.80 bits per heavy atom. The van der Waals surface area contributed by atoms with E-state index in [-0.39, 0.29) is 0 Å². The first-order valence-electron chi connectivity index (χ1n) is 4.56. The fourth-order valence-electron chi connectivity index (χ4n) is 1.16. The van der Waals surface area contributed by atoms with E-state index in [0.717, 1.165) is 17.1 Å². The lowest BCUT2D eigenvalue weighted by atomic mass is 10.4. The van der Waals surface area contributed by atoms with Gasteiger partial charge >= 0.3 is 5.97 Å². The number of hydrogen-bond acceptors (Lipinski definition) is 4. The minimum atomic E-state index is -0.955.